The molecule has 2 aliphatic heterocycles. The number of aryl methyl sites for hydroxylation is 1. The molecule has 3 heterocycles. The van der Waals surface area contributed by atoms with Crippen LogP contribution in [-0.2, 0) is 6.42 Å². The monoisotopic (exact) mass is 321 g/mol. The Hall–Kier alpha value is -1.87. The molecule has 1 saturated heterocycles. The van der Waals surface area contributed by atoms with Crippen LogP contribution in [0.3, 0.4) is 0 Å². The second-order valence-corrected chi connectivity index (χ2v) is 7.45. The SMILES string of the molecule is Cc1ccc2c(c1)C1CN(C)CCCC1N2CCc1cccnc1. The molecule has 0 bridgehead atoms. The minimum absolute atomic E-state index is 0.654. The van der Waals surface area contributed by atoms with E-state index in [9.17, 15) is 0 Å². The minimum Gasteiger partial charge on any atom is -0.367 e. The molecule has 1 aromatic heterocycles. The van der Waals surface area contributed by atoms with Crippen LogP contribution in [-0.4, -0.2) is 42.6 Å². The molecular formula is C21H27N3. The largest absolute Gasteiger partial charge is 0.367 e. The molecule has 2 aliphatic rings. The first-order valence-electron chi connectivity index (χ1n) is 9.17. The van der Waals surface area contributed by atoms with Gasteiger partial charge in [0, 0.05) is 43.1 Å². The fraction of sp³-hybridized carbons (Fsp3) is 0.476. The summed E-state index contributed by atoms with van der Waals surface area (Å²) in [5, 5.41) is 0. The molecule has 0 N–H and O–H groups in total. The van der Waals surface area contributed by atoms with Crippen molar-refractivity contribution in [3.8, 4) is 0 Å². The van der Waals surface area contributed by atoms with E-state index in [2.05, 4.69) is 53.0 Å². The number of pyridine rings is 1. The van der Waals surface area contributed by atoms with Gasteiger partial charge in [0.15, 0.2) is 0 Å². The van der Waals surface area contributed by atoms with Crippen LogP contribution >= 0.6 is 0 Å². The molecule has 1 fully saturated rings. The quantitative estimate of drug-likeness (QED) is 0.860. The molecule has 2 atom stereocenters. The van der Waals surface area contributed by atoms with Crippen molar-refractivity contribution in [1.29, 1.82) is 0 Å². The van der Waals surface area contributed by atoms with Gasteiger partial charge in [0.05, 0.1) is 0 Å². The molecule has 0 saturated carbocycles. The zero-order chi connectivity index (χ0) is 16.5. The van der Waals surface area contributed by atoms with E-state index in [0.29, 0.717) is 12.0 Å². The Morgan fingerprint density at radius 2 is 2.17 bits per heavy atom. The van der Waals surface area contributed by atoms with E-state index in [1.807, 2.05) is 18.5 Å². The molecule has 1 aromatic carbocycles. The Morgan fingerprint density at radius 3 is 3.00 bits per heavy atom. The highest BCUT2D eigenvalue weighted by atomic mass is 15.2. The van der Waals surface area contributed by atoms with Crippen LogP contribution in [0, 0.1) is 6.92 Å². The second-order valence-electron chi connectivity index (χ2n) is 7.45. The molecule has 2 unspecified atom stereocenters. The summed E-state index contributed by atoms with van der Waals surface area (Å²) in [5.41, 5.74) is 5.75. The van der Waals surface area contributed by atoms with Crippen molar-refractivity contribution >= 4 is 5.69 Å². The zero-order valence-corrected chi connectivity index (χ0v) is 14.8. The zero-order valence-electron chi connectivity index (χ0n) is 14.8. The summed E-state index contributed by atoms with van der Waals surface area (Å²) in [5.74, 6) is 0.654. The lowest BCUT2D eigenvalue weighted by Crippen LogP contribution is -2.37. The average molecular weight is 321 g/mol. The maximum atomic E-state index is 4.27. The van der Waals surface area contributed by atoms with E-state index in [1.165, 1.54) is 42.7 Å². The Morgan fingerprint density at radius 1 is 1.25 bits per heavy atom. The van der Waals surface area contributed by atoms with Crippen molar-refractivity contribution in [3.05, 3.63) is 59.4 Å². The molecule has 0 radical (unpaired) electrons. The second kappa shape index (κ2) is 6.56. The van der Waals surface area contributed by atoms with E-state index >= 15 is 0 Å². The fourth-order valence-electron chi connectivity index (χ4n) is 4.49. The van der Waals surface area contributed by atoms with E-state index in [4.69, 9.17) is 0 Å². The summed E-state index contributed by atoms with van der Waals surface area (Å²) in [4.78, 5) is 9.47. The Balaban J connectivity index is 1.63. The molecule has 0 spiro atoms. The van der Waals surface area contributed by atoms with E-state index in [0.717, 1.165) is 13.0 Å². The molecule has 4 rings (SSSR count). The number of benzene rings is 1. The Labute approximate surface area is 145 Å². The number of fused-ring (bicyclic) bond motifs is 3. The van der Waals surface area contributed by atoms with Crippen LogP contribution in [0.4, 0.5) is 5.69 Å². The minimum atomic E-state index is 0.654. The van der Waals surface area contributed by atoms with Gasteiger partial charge < -0.3 is 9.80 Å². The van der Waals surface area contributed by atoms with Gasteiger partial charge in [-0.25, -0.2) is 0 Å². The number of anilines is 1. The van der Waals surface area contributed by atoms with Crippen molar-refractivity contribution in [2.24, 2.45) is 0 Å². The van der Waals surface area contributed by atoms with Gasteiger partial charge in [0.2, 0.25) is 0 Å². The highest BCUT2D eigenvalue weighted by Crippen LogP contribution is 2.44. The molecule has 0 amide bonds. The number of hydrogen-bond donors (Lipinski definition) is 0. The van der Waals surface area contributed by atoms with Crippen LogP contribution < -0.4 is 4.90 Å². The third kappa shape index (κ3) is 2.93. The summed E-state index contributed by atoms with van der Waals surface area (Å²) in [7, 11) is 2.27. The van der Waals surface area contributed by atoms with Crippen molar-refractivity contribution in [3.63, 3.8) is 0 Å². The van der Waals surface area contributed by atoms with Crippen molar-refractivity contribution in [2.45, 2.75) is 38.1 Å². The van der Waals surface area contributed by atoms with Crippen LogP contribution in [0.25, 0.3) is 0 Å². The van der Waals surface area contributed by atoms with Gasteiger partial charge in [0.1, 0.15) is 0 Å². The topological polar surface area (TPSA) is 19.4 Å². The Bertz CT molecular complexity index is 697. The number of nitrogens with zero attached hydrogens (tertiary/aromatic N) is 3. The lowest BCUT2D eigenvalue weighted by atomic mass is 9.92. The summed E-state index contributed by atoms with van der Waals surface area (Å²) in [6, 6.07) is 11.9. The van der Waals surface area contributed by atoms with Gasteiger partial charge >= 0.3 is 0 Å². The molecule has 126 valence electrons. The van der Waals surface area contributed by atoms with Crippen LogP contribution in [0.5, 0.6) is 0 Å². The maximum absolute atomic E-state index is 4.27. The van der Waals surface area contributed by atoms with E-state index < -0.39 is 0 Å². The average Bonchev–Trinajstić information content (AvgIpc) is 2.73. The number of hydrogen-bond acceptors (Lipinski definition) is 3. The summed E-state index contributed by atoms with van der Waals surface area (Å²) >= 11 is 0. The predicted molar refractivity (Wildman–Crippen MR) is 99.7 cm³/mol. The maximum Gasteiger partial charge on any atom is 0.0405 e. The number of likely N-dealkylation sites (N-methyl/N-ethyl adjacent to an activating group) is 1. The number of aromatic nitrogens is 1. The summed E-state index contributed by atoms with van der Waals surface area (Å²) in [6.45, 7) is 5.72. The molecule has 3 heteroatoms. The third-order valence-electron chi connectivity index (χ3n) is 5.67. The first-order chi connectivity index (χ1) is 11.7. The van der Waals surface area contributed by atoms with Gasteiger partial charge in [-0.15, -0.1) is 0 Å². The highest BCUT2D eigenvalue weighted by Gasteiger charge is 2.39. The van der Waals surface area contributed by atoms with Crippen LogP contribution in [0.15, 0.2) is 42.7 Å². The van der Waals surface area contributed by atoms with Gasteiger partial charge in [-0.2, -0.15) is 0 Å². The van der Waals surface area contributed by atoms with Gasteiger partial charge in [-0.05, 0) is 63.0 Å². The first kappa shape index (κ1) is 15.6. The predicted octanol–water partition coefficient (Wildman–Crippen LogP) is 3.63. The molecule has 0 aliphatic carbocycles. The lowest BCUT2D eigenvalue weighted by Gasteiger charge is -2.29. The van der Waals surface area contributed by atoms with Crippen LogP contribution in [0.1, 0.15) is 35.4 Å². The van der Waals surface area contributed by atoms with E-state index in [1.54, 1.807) is 5.56 Å². The van der Waals surface area contributed by atoms with Gasteiger partial charge in [-0.3, -0.25) is 4.98 Å². The van der Waals surface area contributed by atoms with Crippen molar-refractivity contribution in [1.82, 2.24) is 9.88 Å². The van der Waals surface area contributed by atoms with Crippen molar-refractivity contribution in [2.75, 3.05) is 31.6 Å². The van der Waals surface area contributed by atoms with Crippen molar-refractivity contribution < 1.29 is 0 Å². The lowest BCUT2D eigenvalue weighted by molar-refractivity contribution is 0.330. The molecular weight excluding hydrogens is 294 g/mol. The summed E-state index contributed by atoms with van der Waals surface area (Å²) < 4.78 is 0. The van der Waals surface area contributed by atoms with Gasteiger partial charge in [0.25, 0.3) is 0 Å². The third-order valence-corrected chi connectivity index (χ3v) is 5.67. The standard InChI is InChI=1S/C21H27N3/c1-16-7-8-21-18(13-16)19-15-23(2)11-4-6-20(19)24(21)12-9-17-5-3-10-22-14-17/h3,5,7-8,10,13-14,19-20H,4,6,9,11-12,15H2,1-2H3. The van der Waals surface area contributed by atoms with Crippen LogP contribution in [0.2, 0.25) is 0 Å². The Kier molecular flexibility index (Phi) is 4.28. The smallest absolute Gasteiger partial charge is 0.0405 e. The van der Waals surface area contributed by atoms with Gasteiger partial charge in [-0.1, -0.05) is 23.8 Å². The molecule has 3 nitrogen and oxygen atoms in total. The molecule has 2 aromatic rings. The summed E-state index contributed by atoms with van der Waals surface area (Å²) in [6.07, 6.45) is 7.53. The fourth-order valence-corrected chi connectivity index (χ4v) is 4.49. The first-order valence-corrected chi connectivity index (χ1v) is 9.17. The van der Waals surface area contributed by atoms with E-state index in [-0.39, 0.29) is 0 Å². The number of rotatable bonds is 3. The molecule has 24 heavy (non-hydrogen) atoms. The normalized spacial score (nSPS) is 23.7. The highest BCUT2D eigenvalue weighted by molar-refractivity contribution is 5.63. The number of likely N-dealkylation sites (tertiary alicyclic amines) is 1.